The zero-order valence-electron chi connectivity index (χ0n) is 8.70. The number of benzene rings is 2. The minimum atomic E-state index is -0.112. The second-order valence-electron chi connectivity index (χ2n) is 3.70. The van der Waals surface area contributed by atoms with Gasteiger partial charge in [-0.15, -0.1) is 0 Å². The highest BCUT2D eigenvalue weighted by atomic mass is 19.1. The van der Waals surface area contributed by atoms with Crippen LogP contribution in [0.15, 0.2) is 48.5 Å². The van der Waals surface area contributed by atoms with Crippen LogP contribution in [0.3, 0.4) is 0 Å². The summed E-state index contributed by atoms with van der Waals surface area (Å²) in [4.78, 5) is 0. The quantitative estimate of drug-likeness (QED) is 0.693. The Hall–Kier alpha value is -1.63. The van der Waals surface area contributed by atoms with Gasteiger partial charge in [0.15, 0.2) is 0 Å². The Morgan fingerprint density at radius 1 is 0.933 bits per heavy atom. The molecule has 0 saturated carbocycles. The molecule has 0 N–H and O–H groups in total. The average Bonchev–Trinajstić information content (AvgIpc) is 2.25. The van der Waals surface area contributed by atoms with Crippen molar-refractivity contribution in [3.05, 3.63) is 71.0 Å². The van der Waals surface area contributed by atoms with Crippen LogP contribution in [0.5, 0.6) is 0 Å². The van der Waals surface area contributed by atoms with Gasteiger partial charge in [-0.05, 0) is 29.7 Å². The van der Waals surface area contributed by atoms with E-state index in [0.717, 1.165) is 16.7 Å². The number of hydrogen-bond donors (Lipinski definition) is 0. The van der Waals surface area contributed by atoms with Gasteiger partial charge in [0, 0.05) is 6.42 Å². The molecule has 0 aliphatic heterocycles. The molecule has 0 radical (unpaired) electrons. The standard InChI is InChI=1S/C14H13F/c1-11-6-5-9-14(15)13(11)10-12-7-3-2-4-8-12/h2-9H,10H2,1H3. The number of hydrogen-bond acceptors (Lipinski definition) is 0. The average molecular weight is 200 g/mol. The van der Waals surface area contributed by atoms with E-state index >= 15 is 0 Å². The molecule has 0 spiro atoms. The highest BCUT2D eigenvalue weighted by Crippen LogP contribution is 2.16. The summed E-state index contributed by atoms with van der Waals surface area (Å²) in [6.07, 6.45) is 0.666. The first kappa shape index (κ1) is 9.91. The Morgan fingerprint density at radius 3 is 2.33 bits per heavy atom. The molecule has 0 aliphatic rings. The molecule has 0 unspecified atom stereocenters. The largest absolute Gasteiger partial charge is 0.207 e. The van der Waals surface area contributed by atoms with E-state index in [2.05, 4.69) is 0 Å². The first-order valence-corrected chi connectivity index (χ1v) is 5.05. The van der Waals surface area contributed by atoms with Crippen LogP contribution < -0.4 is 0 Å². The molecule has 0 nitrogen and oxygen atoms in total. The summed E-state index contributed by atoms with van der Waals surface area (Å²) in [5, 5.41) is 0. The smallest absolute Gasteiger partial charge is 0.126 e. The van der Waals surface area contributed by atoms with Crippen molar-refractivity contribution in [1.29, 1.82) is 0 Å². The second-order valence-corrected chi connectivity index (χ2v) is 3.70. The van der Waals surface area contributed by atoms with Gasteiger partial charge in [0.05, 0.1) is 0 Å². The van der Waals surface area contributed by atoms with Crippen LogP contribution in [-0.4, -0.2) is 0 Å². The van der Waals surface area contributed by atoms with E-state index in [1.54, 1.807) is 6.07 Å². The van der Waals surface area contributed by atoms with Crippen molar-refractivity contribution in [3.63, 3.8) is 0 Å². The van der Waals surface area contributed by atoms with E-state index in [1.165, 1.54) is 6.07 Å². The summed E-state index contributed by atoms with van der Waals surface area (Å²) in [7, 11) is 0. The van der Waals surface area contributed by atoms with E-state index in [9.17, 15) is 4.39 Å². The van der Waals surface area contributed by atoms with Gasteiger partial charge in [0.2, 0.25) is 0 Å². The Morgan fingerprint density at radius 2 is 1.67 bits per heavy atom. The van der Waals surface area contributed by atoms with Gasteiger partial charge >= 0.3 is 0 Å². The fraction of sp³-hybridized carbons (Fsp3) is 0.143. The molecule has 0 bridgehead atoms. The zero-order valence-corrected chi connectivity index (χ0v) is 8.70. The lowest BCUT2D eigenvalue weighted by atomic mass is 10.0. The number of halogens is 1. The van der Waals surface area contributed by atoms with Gasteiger partial charge in [-0.25, -0.2) is 4.39 Å². The van der Waals surface area contributed by atoms with Crippen molar-refractivity contribution in [3.8, 4) is 0 Å². The highest BCUT2D eigenvalue weighted by Gasteiger charge is 2.05. The van der Waals surface area contributed by atoms with Crippen molar-refractivity contribution in [2.24, 2.45) is 0 Å². The summed E-state index contributed by atoms with van der Waals surface area (Å²) < 4.78 is 13.5. The van der Waals surface area contributed by atoms with Crippen LogP contribution in [0.4, 0.5) is 4.39 Å². The molecular formula is C14H13F. The predicted molar refractivity (Wildman–Crippen MR) is 60.4 cm³/mol. The molecule has 15 heavy (non-hydrogen) atoms. The third-order valence-electron chi connectivity index (χ3n) is 2.58. The van der Waals surface area contributed by atoms with Crippen molar-refractivity contribution in [1.82, 2.24) is 0 Å². The highest BCUT2D eigenvalue weighted by molar-refractivity contribution is 5.32. The van der Waals surface area contributed by atoms with Crippen LogP contribution in [0.2, 0.25) is 0 Å². The van der Waals surface area contributed by atoms with E-state index in [0.29, 0.717) is 6.42 Å². The number of aryl methyl sites for hydroxylation is 1. The van der Waals surface area contributed by atoms with E-state index in [-0.39, 0.29) is 5.82 Å². The summed E-state index contributed by atoms with van der Waals surface area (Å²) in [5.74, 6) is -0.112. The molecule has 2 aromatic carbocycles. The third-order valence-corrected chi connectivity index (χ3v) is 2.58. The van der Waals surface area contributed by atoms with E-state index in [4.69, 9.17) is 0 Å². The molecule has 1 heteroatoms. The minimum Gasteiger partial charge on any atom is -0.207 e. The molecule has 76 valence electrons. The first-order valence-electron chi connectivity index (χ1n) is 5.05. The summed E-state index contributed by atoms with van der Waals surface area (Å²) in [6.45, 7) is 1.95. The monoisotopic (exact) mass is 200 g/mol. The Labute approximate surface area is 89.4 Å². The summed E-state index contributed by atoms with van der Waals surface area (Å²) >= 11 is 0. The van der Waals surface area contributed by atoms with Crippen molar-refractivity contribution < 1.29 is 4.39 Å². The fourth-order valence-electron chi connectivity index (χ4n) is 1.69. The number of rotatable bonds is 2. The Bertz CT molecular complexity index is 426. The van der Waals surface area contributed by atoms with Crippen LogP contribution >= 0.6 is 0 Å². The van der Waals surface area contributed by atoms with Gasteiger partial charge in [0.25, 0.3) is 0 Å². The maximum atomic E-state index is 13.5. The molecule has 0 aromatic heterocycles. The maximum Gasteiger partial charge on any atom is 0.126 e. The molecule has 2 aromatic rings. The van der Waals surface area contributed by atoms with Gasteiger partial charge in [-0.1, -0.05) is 42.5 Å². The molecular weight excluding hydrogens is 187 g/mol. The Kier molecular flexibility index (Phi) is 2.82. The zero-order chi connectivity index (χ0) is 10.7. The van der Waals surface area contributed by atoms with E-state index < -0.39 is 0 Å². The molecule has 2 rings (SSSR count). The third kappa shape index (κ3) is 2.24. The second kappa shape index (κ2) is 4.26. The van der Waals surface area contributed by atoms with Crippen molar-refractivity contribution in [2.45, 2.75) is 13.3 Å². The lowest BCUT2D eigenvalue weighted by molar-refractivity contribution is 0.612. The fourth-order valence-corrected chi connectivity index (χ4v) is 1.69. The van der Waals surface area contributed by atoms with Gasteiger partial charge in [-0.3, -0.25) is 0 Å². The van der Waals surface area contributed by atoms with Crippen LogP contribution in [0.25, 0.3) is 0 Å². The molecule has 0 amide bonds. The topological polar surface area (TPSA) is 0 Å². The minimum absolute atomic E-state index is 0.112. The summed E-state index contributed by atoms with van der Waals surface area (Å²) in [5.41, 5.74) is 2.95. The van der Waals surface area contributed by atoms with Crippen LogP contribution in [0.1, 0.15) is 16.7 Å². The predicted octanol–water partition coefficient (Wildman–Crippen LogP) is 3.72. The molecule has 0 fully saturated rings. The normalized spacial score (nSPS) is 10.3. The molecule has 0 heterocycles. The van der Waals surface area contributed by atoms with Crippen molar-refractivity contribution in [2.75, 3.05) is 0 Å². The van der Waals surface area contributed by atoms with Gasteiger partial charge in [0.1, 0.15) is 5.82 Å². The molecule has 0 atom stereocenters. The van der Waals surface area contributed by atoms with Crippen molar-refractivity contribution >= 4 is 0 Å². The lowest BCUT2D eigenvalue weighted by Gasteiger charge is -2.06. The summed E-state index contributed by atoms with van der Waals surface area (Å²) in [6, 6.07) is 15.2. The SMILES string of the molecule is Cc1cccc(F)c1Cc1ccccc1. The lowest BCUT2D eigenvalue weighted by Crippen LogP contribution is -1.95. The molecule has 0 aliphatic carbocycles. The Balaban J connectivity index is 2.32. The van der Waals surface area contributed by atoms with Crippen LogP contribution in [-0.2, 0) is 6.42 Å². The van der Waals surface area contributed by atoms with Gasteiger partial charge in [-0.2, -0.15) is 0 Å². The molecule has 0 saturated heterocycles. The maximum absolute atomic E-state index is 13.5. The van der Waals surface area contributed by atoms with Gasteiger partial charge < -0.3 is 0 Å². The van der Waals surface area contributed by atoms with E-state index in [1.807, 2.05) is 43.3 Å². The van der Waals surface area contributed by atoms with Crippen LogP contribution in [0, 0.1) is 12.7 Å². The first-order chi connectivity index (χ1) is 7.27.